The van der Waals surface area contributed by atoms with Gasteiger partial charge in [-0.05, 0) is 60.9 Å². The lowest BCUT2D eigenvalue weighted by atomic mass is 10.0. The largest absolute Gasteiger partial charge is 0.486 e. The third kappa shape index (κ3) is 4.28. The van der Waals surface area contributed by atoms with Gasteiger partial charge in [0.05, 0.1) is 12.7 Å². The number of nitrogens with one attached hydrogen (secondary N) is 1. The first-order chi connectivity index (χ1) is 13.0. The fourth-order valence-electron chi connectivity index (χ4n) is 2.77. The Hall–Kier alpha value is -3.28. The smallest absolute Gasteiger partial charge is 0.338 e. The average molecular weight is 367 g/mol. The lowest BCUT2D eigenvalue weighted by molar-refractivity contribution is -0.111. The second-order valence-corrected chi connectivity index (χ2v) is 6.18. The van der Waals surface area contributed by atoms with Crippen LogP contribution in [-0.2, 0) is 9.53 Å². The monoisotopic (exact) mass is 367 g/mol. The normalized spacial score (nSPS) is 12.7. The van der Waals surface area contributed by atoms with Crippen LogP contribution in [0.15, 0.2) is 36.4 Å². The number of fused-ring (bicyclic) bond motifs is 1. The molecule has 0 radical (unpaired) electrons. The summed E-state index contributed by atoms with van der Waals surface area (Å²) >= 11 is 0. The highest BCUT2D eigenvalue weighted by Gasteiger charge is 2.14. The highest BCUT2D eigenvalue weighted by Crippen LogP contribution is 2.31. The Morgan fingerprint density at radius 3 is 2.56 bits per heavy atom. The minimum absolute atomic E-state index is 0.302. The standard InChI is InChI=1S/C21H21NO5/c1-13-10-16(12-17(14(13)2)21(24)25-3)22-20(23)7-5-15-4-6-18-19(11-15)27-9-8-26-18/h4-7,10-12H,8-9H2,1-3H3,(H,22,23)/b7-5+. The van der Waals surface area contributed by atoms with Crippen molar-refractivity contribution in [3.63, 3.8) is 0 Å². The third-order valence-electron chi connectivity index (χ3n) is 4.33. The molecule has 6 nitrogen and oxygen atoms in total. The number of carbonyl (C=O) groups is 2. The summed E-state index contributed by atoms with van der Waals surface area (Å²) < 4.78 is 15.8. The first-order valence-corrected chi connectivity index (χ1v) is 8.56. The molecule has 0 aromatic heterocycles. The van der Waals surface area contributed by atoms with Gasteiger partial charge in [0, 0.05) is 11.8 Å². The Morgan fingerprint density at radius 1 is 1.07 bits per heavy atom. The molecule has 1 aliphatic rings. The number of benzene rings is 2. The Bertz CT molecular complexity index is 917. The maximum Gasteiger partial charge on any atom is 0.338 e. The van der Waals surface area contributed by atoms with Crippen LogP contribution in [0.2, 0.25) is 0 Å². The van der Waals surface area contributed by atoms with Crippen molar-refractivity contribution in [2.45, 2.75) is 13.8 Å². The van der Waals surface area contributed by atoms with Gasteiger partial charge in [-0.2, -0.15) is 0 Å². The minimum Gasteiger partial charge on any atom is -0.486 e. The van der Waals surface area contributed by atoms with Crippen LogP contribution in [-0.4, -0.2) is 32.2 Å². The van der Waals surface area contributed by atoms with Crippen molar-refractivity contribution in [3.05, 3.63) is 58.7 Å². The Kier molecular flexibility index (Phi) is 5.45. The van der Waals surface area contributed by atoms with E-state index in [1.165, 1.54) is 13.2 Å². The first-order valence-electron chi connectivity index (χ1n) is 8.56. The molecular formula is C21H21NO5. The zero-order valence-electron chi connectivity index (χ0n) is 15.5. The van der Waals surface area contributed by atoms with Crippen LogP contribution in [0.5, 0.6) is 11.5 Å². The Morgan fingerprint density at radius 2 is 1.81 bits per heavy atom. The molecule has 1 heterocycles. The minimum atomic E-state index is -0.432. The Labute approximate surface area is 157 Å². The van der Waals surface area contributed by atoms with E-state index in [0.717, 1.165) is 16.7 Å². The number of ether oxygens (including phenoxy) is 3. The van der Waals surface area contributed by atoms with Crippen LogP contribution >= 0.6 is 0 Å². The molecule has 1 amide bonds. The molecule has 6 heteroatoms. The molecule has 0 unspecified atom stereocenters. The molecule has 2 aromatic carbocycles. The van der Waals surface area contributed by atoms with Gasteiger partial charge in [0.15, 0.2) is 11.5 Å². The molecule has 0 saturated carbocycles. The van der Waals surface area contributed by atoms with Gasteiger partial charge in [-0.25, -0.2) is 4.79 Å². The van der Waals surface area contributed by atoms with Crippen LogP contribution in [0, 0.1) is 13.8 Å². The molecule has 0 aliphatic carbocycles. The molecule has 0 fully saturated rings. The molecule has 1 N–H and O–H groups in total. The molecule has 140 valence electrons. The van der Waals surface area contributed by atoms with Crippen molar-refractivity contribution in [2.24, 2.45) is 0 Å². The topological polar surface area (TPSA) is 73.9 Å². The van der Waals surface area contributed by atoms with Gasteiger partial charge in [-0.3, -0.25) is 4.79 Å². The summed E-state index contributed by atoms with van der Waals surface area (Å²) in [5.41, 5.74) is 3.51. The first kappa shape index (κ1) is 18.5. The third-order valence-corrected chi connectivity index (χ3v) is 4.33. The van der Waals surface area contributed by atoms with Crippen molar-refractivity contribution in [1.82, 2.24) is 0 Å². The van der Waals surface area contributed by atoms with Crippen LogP contribution < -0.4 is 14.8 Å². The van der Waals surface area contributed by atoms with Gasteiger partial charge in [-0.15, -0.1) is 0 Å². The van der Waals surface area contributed by atoms with Gasteiger partial charge >= 0.3 is 5.97 Å². The summed E-state index contributed by atoms with van der Waals surface area (Å²) in [6.45, 7) is 4.77. The number of aryl methyl sites for hydroxylation is 1. The molecule has 3 rings (SSSR count). The number of hydrogen-bond acceptors (Lipinski definition) is 5. The number of carbonyl (C=O) groups excluding carboxylic acids is 2. The maximum atomic E-state index is 12.3. The summed E-state index contributed by atoms with van der Waals surface area (Å²) in [5.74, 6) is 0.636. The fraction of sp³-hybridized carbons (Fsp3) is 0.238. The number of anilines is 1. The van der Waals surface area contributed by atoms with Crippen molar-refractivity contribution < 1.29 is 23.8 Å². The van der Waals surface area contributed by atoms with Gasteiger partial charge in [-0.1, -0.05) is 6.07 Å². The van der Waals surface area contributed by atoms with E-state index in [-0.39, 0.29) is 5.91 Å². The molecule has 1 aliphatic heterocycles. The molecule has 0 spiro atoms. The van der Waals surface area contributed by atoms with Crippen LogP contribution in [0.3, 0.4) is 0 Å². The molecular weight excluding hydrogens is 346 g/mol. The maximum absolute atomic E-state index is 12.3. The van der Waals surface area contributed by atoms with E-state index in [1.54, 1.807) is 12.1 Å². The summed E-state index contributed by atoms with van der Waals surface area (Å²) in [6, 6.07) is 8.92. The number of amides is 1. The van der Waals surface area contributed by atoms with E-state index in [0.29, 0.717) is 36.0 Å². The Balaban J connectivity index is 1.73. The molecule has 0 saturated heterocycles. The lowest BCUT2D eigenvalue weighted by Crippen LogP contribution is -2.15. The quantitative estimate of drug-likeness (QED) is 0.661. The van der Waals surface area contributed by atoms with Gasteiger partial charge in [0.1, 0.15) is 13.2 Å². The van der Waals surface area contributed by atoms with Crippen molar-refractivity contribution in [1.29, 1.82) is 0 Å². The van der Waals surface area contributed by atoms with Crippen molar-refractivity contribution in [3.8, 4) is 11.5 Å². The van der Waals surface area contributed by atoms with Gasteiger partial charge in [0.2, 0.25) is 5.91 Å². The fourth-order valence-corrected chi connectivity index (χ4v) is 2.77. The van der Waals surface area contributed by atoms with Crippen LogP contribution in [0.4, 0.5) is 5.69 Å². The number of rotatable bonds is 4. The molecule has 2 aromatic rings. The van der Waals surface area contributed by atoms with E-state index in [2.05, 4.69) is 5.32 Å². The average Bonchev–Trinajstić information content (AvgIpc) is 2.68. The van der Waals surface area contributed by atoms with E-state index in [1.807, 2.05) is 38.1 Å². The van der Waals surface area contributed by atoms with Crippen LogP contribution in [0.1, 0.15) is 27.0 Å². The van der Waals surface area contributed by atoms with Gasteiger partial charge < -0.3 is 19.5 Å². The van der Waals surface area contributed by atoms with Gasteiger partial charge in [0.25, 0.3) is 0 Å². The van der Waals surface area contributed by atoms with E-state index >= 15 is 0 Å². The predicted octanol–water partition coefficient (Wildman–Crippen LogP) is 3.51. The predicted molar refractivity (Wildman–Crippen MR) is 102 cm³/mol. The zero-order chi connectivity index (χ0) is 19.4. The van der Waals surface area contributed by atoms with E-state index in [4.69, 9.17) is 14.2 Å². The van der Waals surface area contributed by atoms with Crippen molar-refractivity contribution in [2.75, 3.05) is 25.6 Å². The number of hydrogen-bond donors (Lipinski definition) is 1. The number of esters is 1. The zero-order valence-corrected chi connectivity index (χ0v) is 15.5. The van der Waals surface area contributed by atoms with Crippen molar-refractivity contribution >= 4 is 23.6 Å². The lowest BCUT2D eigenvalue weighted by Gasteiger charge is -2.18. The molecule has 0 bridgehead atoms. The van der Waals surface area contributed by atoms with E-state index in [9.17, 15) is 9.59 Å². The summed E-state index contributed by atoms with van der Waals surface area (Å²) in [7, 11) is 1.33. The summed E-state index contributed by atoms with van der Waals surface area (Å²) in [5, 5.41) is 2.77. The summed E-state index contributed by atoms with van der Waals surface area (Å²) in [4.78, 5) is 24.1. The second kappa shape index (κ2) is 7.95. The molecule has 0 atom stereocenters. The number of methoxy groups -OCH3 is 1. The molecule has 27 heavy (non-hydrogen) atoms. The SMILES string of the molecule is COC(=O)c1cc(NC(=O)/C=C/c2ccc3c(c2)OCCO3)cc(C)c1C. The van der Waals surface area contributed by atoms with E-state index < -0.39 is 5.97 Å². The highest BCUT2D eigenvalue weighted by atomic mass is 16.6. The second-order valence-electron chi connectivity index (χ2n) is 6.18. The van der Waals surface area contributed by atoms with Crippen LogP contribution in [0.25, 0.3) is 6.08 Å². The highest BCUT2D eigenvalue weighted by molar-refractivity contribution is 6.03. The summed E-state index contributed by atoms with van der Waals surface area (Å²) in [6.07, 6.45) is 3.12.